The van der Waals surface area contributed by atoms with Crippen LogP contribution in [-0.2, 0) is 29.0 Å². The van der Waals surface area contributed by atoms with Crippen LogP contribution in [0.15, 0.2) is 12.7 Å². The third-order valence-corrected chi connectivity index (χ3v) is 8.87. The molecule has 2 rings (SSSR count). The van der Waals surface area contributed by atoms with Gasteiger partial charge in [-0.25, -0.2) is 13.2 Å². The molecule has 0 aromatic heterocycles. The van der Waals surface area contributed by atoms with Crippen molar-refractivity contribution in [1.82, 2.24) is 26.2 Å². The highest BCUT2D eigenvalue weighted by Gasteiger charge is 2.44. The number of amides is 5. The van der Waals surface area contributed by atoms with Gasteiger partial charge in [-0.2, -0.15) is 0 Å². The van der Waals surface area contributed by atoms with Crippen molar-refractivity contribution in [2.75, 3.05) is 25.1 Å². The number of nitrogens with one attached hydrogen (secondary N) is 4. The topological polar surface area (TPSA) is 171 Å². The fourth-order valence-corrected chi connectivity index (χ4v) is 7.16. The third kappa shape index (κ3) is 10.1. The summed E-state index contributed by atoms with van der Waals surface area (Å²) in [4.78, 5) is 66.9. The average molecular weight is 612 g/mol. The Bertz CT molecular complexity index is 1130. The Morgan fingerprint density at radius 1 is 1.05 bits per heavy atom. The molecule has 12 nitrogen and oxygen atoms in total. The summed E-state index contributed by atoms with van der Waals surface area (Å²) in [7, 11) is -3.38. The molecule has 42 heavy (non-hydrogen) atoms. The first-order valence-electron chi connectivity index (χ1n) is 14.8. The number of likely N-dealkylation sites (tertiary alicyclic amines) is 1. The van der Waals surface area contributed by atoms with Gasteiger partial charge in [-0.05, 0) is 37.5 Å². The predicted molar refractivity (Wildman–Crippen MR) is 160 cm³/mol. The molecule has 1 heterocycles. The van der Waals surface area contributed by atoms with Crippen LogP contribution in [0.4, 0.5) is 4.79 Å². The zero-order chi connectivity index (χ0) is 31.7. The summed E-state index contributed by atoms with van der Waals surface area (Å²) in [6.07, 6.45) is 7.91. The first kappa shape index (κ1) is 35.2. The number of hydrogen-bond acceptors (Lipinski definition) is 7. The van der Waals surface area contributed by atoms with Crippen LogP contribution in [-0.4, -0.2) is 91.6 Å². The van der Waals surface area contributed by atoms with E-state index in [4.69, 9.17) is 0 Å². The van der Waals surface area contributed by atoms with E-state index >= 15 is 0 Å². The van der Waals surface area contributed by atoms with E-state index in [-0.39, 0.29) is 25.3 Å². The maximum absolute atomic E-state index is 13.9. The van der Waals surface area contributed by atoms with Gasteiger partial charge in [-0.3, -0.25) is 19.2 Å². The van der Waals surface area contributed by atoms with Crippen LogP contribution in [0.2, 0.25) is 0 Å². The van der Waals surface area contributed by atoms with E-state index in [9.17, 15) is 32.4 Å². The third-order valence-electron chi connectivity index (χ3n) is 7.80. The fraction of sp³-hybridized carbons (Fsp3) is 0.759. The molecular weight excluding hydrogens is 562 g/mol. The van der Waals surface area contributed by atoms with Gasteiger partial charge in [0.1, 0.15) is 21.9 Å². The van der Waals surface area contributed by atoms with Gasteiger partial charge in [-0.15, -0.1) is 6.58 Å². The number of sulfone groups is 1. The number of carbonyl (C=O) groups is 5. The van der Waals surface area contributed by atoms with E-state index in [2.05, 4.69) is 27.8 Å². The Morgan fingerprint density at radius 3 is 2.24 bits per heavy atom. The molecule has 4 N–H and O–H groups in total. The predicted octanol–water partition coefficient (Wildman–Crippen LogP) is 1.60. The summed E-state index contributed by atoms with van der Waals surface area (Å²) >= 11 is 0. The van der Waals surface area contributed by atoms with Gasteiger partial charge >= 0.3 is 6.03 Å². The van der Waals surface area contributed by atoms with E-state index in [1.165, 1.54) is 11.0 Å². The number of ketones is 1. The van der Waals surface area contributed by atoms with Crippen LogP contribution in [0, 0.1) is 5.41 Å². The molecule has 0 spiro atoms. The molecule has 2 aliphatic rings. The lowest BCUT2D eigenvalue weighted by molar-refractivity contribution is -0.143. The molecule has 3 atom stereocenters. The van der Waals surface area contributed by atoms with Crippen molar-refractivity contribution in [2.45, 2.75) is 109 Å². The maximum atomic E-state index is 13.9. The second kappa shape index (κ2) is 15.0. The van der Waals surface area contributed by atoms with Gasteiger partial charge in [0.15, 0.2) is 0 Å². The number of nitrogens with zero attached hydrogens (tertiary/aromatic N) is 1. The van der Waals surface area contributed by atoms with Crippen molar-refractivity contribution in [3.8, 4) is 0 Å². The minimum atomic E-state index is -3.38. The summed E-state index contributed by atoms with van der Waals surface area (Å²) in [6.45, 7) is 11.1. The van der Waals surface area contributed by atoms with Gasteiger partial charge in [0.25, 0.3) is 5.91 Å². The standard InChI is InChI=1S/C29H49N5O7S/c1-7-13-20(22(35)25(37)30-17-8-2)31-24(36)21-14-12-18-34(21)26(38)23(28(3,4)5)32-27(39)33-29(19-42(6,40)41)15-10-9-11-16-29/h8,20-21,23H,2,7,9-19H2,1,3-6H3,(H,30,37)(H,31,36)(H2,32,33,39)/t20?,21-,23?/m0/s1. The molecule has 0 bridgehead atoms. The van der Waals surface area contributed by atoms with Crippen molar-refractivity contribution < 1.29 is 32.4 Å². The van der Waals surface area contributed by atoms with Gasteiger partial charge < -0.3 is 26.2 Å². The zero-order valence-corrected chi connectivity index (χ0v) is 26.5. The highest BCUT2D eigenvalue weighted by Crippen LogP contribution is 2.30. The zero-order valence-electron chi connectivity index (χ0n) is 25.7. The van der Waals surface area contributed by atoms with Crippen molar-refractivity contribution >= 4 is 39.4 Å². The van der Waals surface area contributed by atoms with Crippen LogP contribution in [0.25, 0.3) is 0 Å². The molecule has 1 saturated heterocycles. The summed E-state index contributed by atoms with van der Waals surface area (Å²) < 4.78 is 24.4. The molecular formula is C29H49N5O7S. The quantitative estimate of drug-likeness (QED) is 0.181. The molecule has 5 amide bonds. The fourth-order valence-electron chi connectivity index (χ4n) is 5.80. The lowest BCUT2D eigenvalue weighted by atomic mass is 9.83. The smallest absolute Gasteiger partial charge is 0.315 e. The van der Waals surface area contributed by atoms with Gasteiger partial charge in [0.2, 0.25) is 17.6 Å². The van der Waals surface area contributed by atoms with Crippen LogP contribution in [0.1, 0.15) is 85.5 Å². The molecule has 1 aliphatic carbocycles. The minimum absolute atomic E-state index is 0.117. The van der Waals surface area contributed by atoms with E-state index in [0.717, 1.165) is 25.5 Å². The molecule has 1 aliphatic heterocycles. The van der Waals surface area contributed by atoms with Crippen LogP contribution in [0.5, 0.6) is 0 Å². The minimum Gasteiger partial charge on any atom is -0.346 e. The van der Waals surface area contributed by atoms with E-state index in [1.807, 2.05) is 6.92 Å². The highest BCUT2D eigenvalue weighted by atomic mass is 32.2. The first-order chi connectivity index (χ1) is 19.5. The maximum Gasteiger partial charge on any atom is 0.315 e. The molecule has 238 valence electrons. The normalized spacial score (nSPS) is 20.1. The second-order valence-electron chi connectivity index (χ2n) is 12.7. The first-order valence-corrected chi connectivity index (χ1v) is 16.9. The van der Waals surface area contributed by atoms with Crippen molar-refractivity contribution in [3.63, 3.8) is 0 Å². The second-order valence-corrected chi connectivity index (χ2v) is 14.9. The lowest BCUT2D eigenvalue weighted by Crippen LogP contribution is -2.63. The Balaban J connectivity index is 2.20. The Kier molecular flexibility index (Phi) is 12.6. The molecule has 0 radical (unpaired) electrons. The Morgan fingerprint density at radius 2 is 1.69 bits per heavy atom. The summed E-state index contributed by atoms with van der Waals surface area (Å²) in [5.41, 5.74) is -1.64. The van der Waals surface area contributed by atoms with Gasteiger partial charge in [0.05, 0.1) is 17.3 Å². The van der Waals surface area contributed by atoms with Crippen molar-refractivity contribution in [2.24, 2.45) is 5.41 Å². The van der Waals surface area contributed by atoms with Crippen LogP contribution >= 0.6 is 0 Å². The van der Waals surface area contributed by atoms with Crippen molar-refractivity contribution in [1.29, 1.82) is 0 Å². The molecule has 0 aromatic carbocycles. The largest absolute Gasteiger partial charge is 0.346 e. The molecule has 1 saturated carbocycles. The van der Waals surface area contributed by atoms with Crippen LogP contribution < -0.4 is 21.3 Å². The highest BCUT2D eigenvalue weighted by molar-refractivity contribution is 7.90. The number of urea groups is 1. The molecule has 2 unspecified atom stereocenters. The summed E-state index contributed by atoms with van der Waals surface area (Å²) in [5, 5.41) is 10.8. The number of hydrogen-bond donors (Lipinski definition) is 4. The average Bonchev–Trinajstić information content (AvgIpc) is 3.38. The number of Topliss-reactive ketones (excluding diaryl/α,β-unsaturated/α-hetero) is 1. The summed E-state index contributed by atoms with van der Waals surface area (Å²) in [5.74, 6) is -2.74. The molecule has 2 fully saturated rings. The molecule has 13 heteroatoms. The Hall–Kier alpha value is -2.96. The van der Waals surface area contributed by atoms with Crippen LogP contribution in [0.3, 0.4) is 0 Å². The Labute approximate surface area is 250 Å². The summed E-state index contributed by atoms with van der Waals surface area (Å²) in [6, 6.07) is -3.55. The lowest BCUT2D eigenvalue weighted by Gasteiger charge is -2.39. The van der Waals surface area contributed by atoms with Gasteiger partial charge in [0, 0.05) is 19.3 Å². The number of rotatable bonds is 13. The van der Waals surface area contributed by atoms with Crippen molar-refractivity contribution in [3.05, 3.63) is 12.7 Å². The van der Waals surface area contributed by atoms with E-state index in [1.54, 1.807) is 20.8 Å². The monoisotopic (exact) mass is 611 g/mol. The number of carbonyl (C=O) groups excluding carboxylic acids is 5. The van der Waals surface area contributed by atoms with Gasteiger partial charge in [-0.1, -0.05) is 59.5 Å². The van der Waals surface area contributed by atoms with E-state index in [0.29, 0.717) is 32.1 Å². The van der Waals surface area contributed by atoms with E-state index < -0.39 is 68.5 Å². The molecule has 0 aromatic rings. The SMILES string of the molecule is C=CCNC(=O)C(=O)C(CCC)NC(=O)[C@@H]1CCCN1C(=O)C(NC(=O)NC1(CS(C)(=O)=O)CCCCC1)C(C)(C)C.